The summed E-state index contributed by atoms with van der Waals surface area (Å²) >= 11 is 1.56. The van der Waals surface area contributed by atoms with Crippen molar-refractivity contribution >= 4 is 28.8 Å². The second kappa shape index (κ2) is 13.2. The van der Waals surface area contributed by atoms with E-state index < -0.39 is 12.0 Å². The summed E-state index contributed by atoms with van der Waals surface area (Å²) in [6.45, 7) is 5.31. The molecule has 2 aromatic carbocycles. The zero-order chi connectivity index (χ0) is 25.2. The monoisotopic (exact) mass is 497 g/mol. The Hall–Kier alpha value is -3.03. The first-order chi connectivity index (χ1) is 16.9. The molecule has 186 valence electrons. The van der Waals surface area contributed by atoms with Crippen LogP contribution in [0.2, 0.25) is 0 Å². The molecule has 1 saturated heterocycles. The maximum Gasteiger partial charge on any atom is 0.331 e. The number of Topliss-reactive ketones (excluding diaryl/α,β-unsaturated/α-hetero) is 1. The molecule has 1 aliphatic rings. The Bertz CT molecular complexity index is 1050. The highest BCUT2D eigenvalue weighted by Crippen LogP contribution is 2.26. The zero-order valence-electron chi connectivity index (χ0n) is 20.3. The number of carboxylic acids is 1. The van der Waals surface area contributed by atoms with Gasteiger partial charge in [-0.3, -0.25) is 4.79 Å². The number of thiophene rings is 1. The average molecular weight is 498 g/mol. The van der Waals surface area contributed by atoms with E-state index in [2.05, 4.69) is 6.92 Å². The normalized spacial score (nSPS) is 18.1. The third-order valence-corrected chi connectivity index (χ3v) is 7.48. The Morgan fingerprint density at radius 3 is 2.26 bits per heavy atom. The van der Waals surface area contributed by atoms with E-state index in [1.807, 2.05) is 23.6 Å². The van der Waals surface area contributed by atoms with Crippen molar-refractivity contribution < 1.29 is 24.0 Å². The third-order valence-electron chi connectivity index (χ3n) is 6.57. The van der Waals surface area contributed by atoms with Crippen LogP contribution in [0.1, 0.15) is 47.5 Å². The number of carbonyl (C=O) groups is 2. The topological polar surface area (TPSA) is 62.0 Å². The molecule has 1 unspecified atom stereocenters. The first-order valence-corrected chi connectivity index (χ1v) is 12.9. The van der Waals surface area contributed by atoms with Crippen LogP contribution in [0.4, 0.5) is 10.1 Å². The molecule has 0 bridgehead atoms. The minimum absolute atomic E-state index is 0.319. The number of ketones is 1. The lowest BCUT2D eigenvalue weighted by Gasteiger charge is -2.27. The summed E-state index contributed by atoms with van der Waals surface area (Å²) < 4.78 is 12.9. The fourth-order valence-corrected chi connectivity index (χ4v) is 5.08. The molecule has 1 atom stereocenters. The molecule has 1 fully saturated rings. The number of piperidine rings is 1. The lowest BCUT2D eigenvalue weighted by atomic mass is 9.94. The molecule has 0 radical (unpaired) electrons. The van der Waals surface area contributed by atoms with Crippen LogP contribution < -0.4 is 9.80 Å². The van der Waals surface area contributed by atoms with Crippen LogP contribution in [-0.4, -0.2) is 43.5 Å². The number of likely N-dealkylation sites (tertiary alicyclic amines) is 1. The van der Waals surface area contributed by atoms with E-state index in [1.165, 1.54) is 49.4 Å². The second-order valence-corrected chi connectivity index (χ2v) is 9.87. The number of quaternary nitrogens is 1. The molecule has 1 aromatic heterocycles. The molecule has 2 N–H and O–H groups in total. The standard InChI is InChI=1S/C15H14FNO2.C13H19NOS/c1-17(13-9-7-12(16)8-10-13)14(15(18)19)11-5-3-2-4-6-11;1-2-11-5-7-14(8-6-11)10-12(15)13-4-3-9-16-13/h2-10,14H,1H3,(H,18,19);3-4,9,11H,2,5-8,10H2,1H3/p+1. The van der Waals surface area contributed by atoms with Crippen LogP contribution in [0, 0.1) is 11.7 Å². The largest absolute Gasteiger partial charge is 0.479 e. The summed E-state index contributed by atoms with van der Waals surface area (Å²) in [6, 6.07) is 17.8. The molecule has 3 aromatic rings. The summed E-state index contributed by atoms with van der Waals surface area (Å²) in [5.74, 6) is -0.0673. The fraction of sp³-hybridized carbons (Fsp3) is 0.357. The Morgan fingerprint density at radius 2 is 1.71 bits per heavy atom. The van der Waals surface area contributed by atoms with Gasteiger partial charge in [-0.2, -0.15) is 0 Å². The summed E-state index contributed by atoms with van der Waals surface area (Å²) in [7, 11) is 1.68. The molecule has 7 heteroatoms. The molecule has 0 amide bonds. The van der Waals surface area contributed by atoms with E-state index in [-0.39, 0.29) is 5.82 Å². The van der Waals surface area contributed by atoms with Gasteiger partial charge in [0.25, 0.3) is 0 Å². The predicted octanol–water partition coefficient (Wildman–Crippen LogP) is 4.72. The van der Waals surface area contributed by atoms with Gasteiger partial charge in [-0.15, -0.1) is 11.3 Å². The number of carbonyl (C=O) groups excluding carboxylic acids is 1. The molecule has 1 aliphatic heterocycles. The SMILES string of the molecule is CCC1CC[NH+](CC(=O)c2cccs2)CC1.CN(c1ccc(F)cc1)C(C(=O)O)c1ccccc1. The lowest BCUT2D eigenvalue weighted by molar-refractivity contribution is -0.897. The molecular weight excluding hydrogens is 463 g/mol. The summed E-state index contributed by atoms with van der Waals surface area (Å²) in [5.41, 5.74) is 1.33. The molecule has 4 rings (SSSR count). The molecule has 35 heavy (non-hydrogen) atoms. The van der Waals surface area contributed by atoms with E-state index in [1.54, 1.807) is 59.7 Å². The first-order valence-electron chi connectivity index (χ1n) is 12.1. The van der Waals surface area contributed by atoms with E-state index in [0.29, 0.717) is 23.6 Å². The van der Waals surface area contributed by atoms with Gasteiger partial charge in [0.05, 0.1) is 18.0 Å². The number of aliphatic carboxylic acids is 1. The number of carboxylic acid groups (broad SMARTS) is 1. The van der Waals surface area contributed by atoms with Crippen molar-refractivity contribution in [2.45, 2.75) is 32.2 Å². The second-order valence-electron chi connectivity index (χ2n) is 8.92. The van der Waals surface area contributed by atoms with Gasteiger partial charge >= 0.3 is 5.97 Å². The summed E-state index contributed by atoms with van der Waals surface area (Å²) in [6.07, 6.45) is 3.89. The van der Waals surface area contributed by atoms with Crippen LogP contribution in [-0.2, 0) is 4.79 Å². The van der Waals surface area contributed by atoms with Crippen LogP contribution in [0.25, 0.3) is 0 Å². The number of hydrogen-bond donors (Lipinski definition) is 2. The number of hydrogen-bond acceptors (Lipinski definition) is 4. The zero-order valence-corrected chi connectivity index (χ0v) is 21.1. The lowest BCUT2D eigenvalue weighted by Crippen LogP contribution is -3.13. The number of nitrogens with zero attached hydrogens (tertiary/aromatic N) is 1. The van der Waals surface area contributed by atoms with Gasteiger partial charge in [0.1, 0.15) is 12.4 Å². The highest BCUT2D eigenvalue weighted by molar-refractivity contribution is 7.12. The van der Waals surface area contributed by atoms with Crippen molar-refractivity contribution in [2.75, 3.05) is 31.6 Å². The van der Waals surface area contributed by atoms with Crippen molar-refractivity contribution in [3.05, 3.63) is 88.4 Å². The third kappa shape index (κ3) is 7.73. The van der Waals surface area contributed by atoms with E-state index in [9.17, 15) is 19.1 Å². The van der Waals surface area contributed by atoms with Crippen LogP contribution in [0.5, 0.6) is 0 Å². The Balaban J connectivity index is 0.000000198. The Morgan fingerprint density at radius 1 is 1.06 bits per heavy atom. The predicted molar refractivity (Wildman–Crippen MR) is 139 cm³/mol. The fourth-order valence-electron chi connectivity index (χ4n) is 4.41. The number of benzene rings is 2. The van der Waals surface area contributed by atoms with Crippen molar-refractivity contribution in [1.29, 1.82) is 0 Å². The molecule has 0 spiro atoms. The minimum atomic E-state index is -0.946. The molecule has 0 aliphatic carbocycles. The smallest absolute Gasteiger partial charge is 0.331 e. The number of anilines is 1. The van der Waals surface area contributed by atoms with E-state index >= 15 is 0 Å². The van der Waals surface area contributed by atoms with Gasteiger partial charge in [0.15, 0.2) is 6.04 Å². The van der Waals surface area contributed by atoms with E-state index in [0.717, 1.165) is 10.8 Å². The van der Waals surface area contributed by atoms with Gasteiger partial charge < -0.3 is 14.9 Å². The van der Waals surface area contributed by atoms with Gasteiger partial charge in [0.2, 0.25) is 5.78 Å². The first kappa shape index (κ1) is 26.6. The van der Waals surface area contributed by atoms with Crippen molar-refractivity contribution in [2.24, 2.45) is 5.92 Å². The number of nitrogens with one attached hydrogen (secondary N) is 1. The molecule has 0 saturated carbocycles. The highest BCUT2D eigenvalue weighted by Gasteiger charge is 2.25. The minimum Gasteiger partial charge on any atom is -0.479 e. The van der Waals surface area contributed by atoms with Crippen LogP contribution in [0.3, 0.4) is 0 Å². The number of rotatable bonds is 8. The van der Waals surface area contributed by atoms with Crippen LogP contribution >= 0.6 is 11.3 Å². The van der Waals surface area contributed by atoms with Gasteiger partial charge in [-0.1, -0.05) is 49.7 Å². The summed E-state index contributed by atoms with van der Waals surface area (Å²) in [5, 5.41) is 11.4. The van der Waals surface area contributed by atoms with Gasteiger partial charge in [-0.05, 0) is 60.0 Å². The van der Waals surface area contributed by atoms with E-state index in [4.69, 9.17) is 0 Å². The number of halogens is 1. The van der Waals surface area contributed by atoms with Crippen LogP contribution in [0.15, 0.2) is 72.1 Å². The van der Waals surface area contributed by atoms with Crippen molar-refractivity contribution in [3.63, 3.8) is 0 Å². The average Bonchev–Trinajstić information content (AvgIpc) is 3.41. The molecular formula is C28H34FN2O3S+. The van der Waals surface area contributed by atoms with Crippen molar-refractivity contribution in [1.82, 2.24) is 0 Å². The molecule has 2 heterocycles. The van der Waals surface area contributed by atoms with Gasteiger partial charge in [-0.25, -0.2) is 9.18 Å². The number of likely N-dealkylation sites (N-methyl/N-ethyl adjacent to an activating group) is 1. The maximum absolute atomic E-state index is 12.9. The Kier molecular flexibility index (Phi) is 9.99. The molecule has 5 nitrogen and oxygen atoms in total. The quantitative estimate of drug-likeness (QED) is 0.442. The van der Waals surface area contributed by atoms with Gasteiger partial charge in [0, 0.05) is 12.7 Å². The maximum atomic E-state index is 12.9. The highest BCUT2D eigenvalue weighted by atomic mass is 32.1. The summed E-state index contributed by atoms with van der Waals surface area (Å²) in [4.78, 5) is 27.4. The Labute approximate surface area is 210 Å². The van der Waals surface area contributed by atoms with Crippen molar-refractivity contribution in [3.8, 4) is 0 Å².